The van der Waals surface area contributed by atoms with Gasteiger partial charge < -0.3 is 13.9 Å². The zero-order valence-electron chi connectivity index (χ0n) is 14.0. The average molecular weight is 349 g/mol. The van der Waals surface area contributed by atoms with Crippen LogP contribution in [0.3, 0.4) is 0 Å². The smallest absolute Gasteiger partial charge is 0.363 e. The molecule has 2 aromatic heterocycles. The van der Waals surface area contributed by atoms with E-state index in [1.807, 2.05) is 48.5 Å². The van der Waals surface area contributed by atoms with Gasteiger partial charge in [0.1, 0.15) is 5.52 Å². The summed E-state index contributed by atoms with van der Waals surface area (Å²) in [7, 11) is 1.48. The fourth-order valence-electron chi connectivity index (χ4n) is 2.54. The number of aromatic nitrogens is 3. The van der Waals surface area contributed by atoms with Gasteiger partial charge in [-0.15, -0.1) is 0 Å². The van der Waals surface area contributed by atoms with Crippen molar-refractivity contribution in [1.29, 1.82) is 0 Å². The number of hydrogen-bond acceptors (Lipinski definition) is 6. The summed E-state index contributed by atoms with van der Waals surface area (Å²) in [6, 6.07) is 16.8. The van der Waals surface area contributed by atoms with E-state index in [4.69, 9.17) is 13.9 Å². The van der Waals surface area contributed by atoms with Crippen molar-refractivity contribution in [2.45, 2.75) is 6.61 Å². The Morgan fingerprint density at radius 1 is 1.12 bits per heavy atom. The molecular weight excluding hydrogens is 334 g/mol. The summed E-state index contributed by atoms with van der Waals surface area (Å²) in [5.41, 5.74) is 2.25. The van der Waals surface area contributed by atoms with E-state index in [0.717, 1.165) is 5.69 Å². The molecule has 0 bridgehead atoms. The summed E-state index contributed by atoms with van der Waals surface area (Å²) in [6.07, 6.45) is 1.63. The second kappa shape index (κ2) is 6.72. The molecule has 0 saturated carbocycles. The van der Waals surface area contributed by atoms with Gasteiger partial charge in [0, 0.05) is 0 Å². The normalized spacial score (nSPS) is 10.8. The van der Waals surface area contributed by atoms with E-state index in [1.54, 1.807) is 16.9 Å². The second-order valence-corrected chi connectivity index (χ2v) is 5.48. The fraction of sp³-hybridized carbons (Fsp3) is 0.105. The van der Waals surface area contributed by atoms with Crippen LogP contribution in [0.1, 0.15) is 16.4 Å². The molecule has 130 valence electrons. The van der Waals surface area contributed by atoms with Crippen LogP contribution in [0.15, 0.2) is 65.2 Å². The number of oxazole rings is 1. The highest BCUT2D eigenvalue weighted by Crippen LogP contribution is 2.21. The Balaban J connectivity index is 1.53. The minimum absolute atomic E-state index is 0.0884. The van der Waals surface area contributed by atoms with Crippen LogP contribution in [0.25, 0.3) is 16.8 Å². The molecule has 4 aromatic rings. The Bertz CT molecular complexity index is 1020. The first kappa shape index (κ1) is 15.9. The van der Waals surface area contributed by atoms with Crippen LogP contribution in [-0.4, -0.2) is 27.8 Å². The Kier molecular flexibility index (Phi) is 4.10. The number of nitrogens with zero attached hydrogens (tertiary/aromatic N) is 3. The van der Waals surface area contributed by atoms with Gasteiger partial charge in [-0.05, 0) is 24.3 Å². The SMILES string of the molecule is COc1cn(-c2ccccc2)nc1C(=O)OCc1nc2ccccc2o1. The van der Waals surface area contributed by atoms with Gasteiger partial charge in [-0.25, -0.2) is 14.5 Å². The van der Waals surface area contributed by atoms with Gasteiger partial charge >= 0.3 is 5.97 Å². The predicted octanol–water partition coefficient (Wildman–Crippen LogP) is 3.38. The van der Waals surface area contributed by atoms with Crippen molar-refractivity contribution < 1.29 is 18.7 Å². The van der Waals surface area contributed by atoms with E-state index in [1.165, 1.54) is 7.11 Å². The van der Waals surface area contributed by atoms with E-state index < -0.39 is 5.97 Å². The molecule has 0 aliphatic rings. The lowest BCUT2D eigenvalue weighted by atomic mass is 10.3. The molecule has 0 N–H and O–H groups in total. The third-order valence-corrected chi connectivity index (χ3v) is 3.78. The van der Waals surface area contributed by atoms with Crippen LogP contribution in [-0.2, 0) is 11.3 Å². The van der Waals surface area contributed by atoms with Crippen LogP contribution < -0.4 is 4.74 Å². The Hall–Kier alpha value is -3.61. The second-order valence-electron chi connectivity index (χ2n) is 5.48. The Morgan fingerprint density at radius 3 is 2.65 bits per heavy atom. The maximum Gasteiger partial charge on any atom is 0.363 e. The molecule has 0 unspecified atom stereocenters. The van der Waals surface area contributed by atoms with Crippen LogP contribution in [0.4, 0.5) is 0 Å². The van der Waals surface area contributed by atoms with Crippen LogP contribution >= 0.6 is 0 Å². The molecule has 2 aromatic carbocycles. The minimum Gasteiger partial charge on any atom is -0.493 e. The highest BCUT2D eigenvalue weighted by Gasteiger charge is 2.20. The van der Waals surface area contributed by atoms with E-state index in [-0.39, 0.29) is 12.3 Å². The van der Waals surface area contributed by atoms with E-state index in [0.29, 0.717) is 22.7 Å². The molecule has 0 amide bonds. The average Bonchev–Trinajstić information content (AvgIpc) is 3.30. The number of ether oxygens (including phenoxy) is 2. The summed E-state index contributed by atoms with van der Waals surface area (Å²) in [5.74, 6) is 0.0382. The fourth-order valence-corrected chi connectivity index (χ4v) is 2.54. The van der Waals surface area contributed by atoms with Gasteiger partial charge in [-0.2, -0.15) is 5.10 Å². The van der Waals surface area contributed by atoms with Crippen molar-refractivity contribution in [3.05, 3.63) is 72.4 Å². The molecule has 0 saturated heterocycles. The molecule has 4 rings (SSSR count). The van der Waals surface area contributed by atoms with Gasteiger partial charge in [0.15, 0.2) is 17.9 Å². The summed E-state index contributed by atoms with van der Waals surface area (Å²) in [4.78, 5) is 16.7. The number of carbonyl (C=O) groups excluding carboxylic acids is 1. The summed E-state index contributed by atoms with van der Waals surface area (Å²) in [6.45, 7) is -0.0884. The molecule has 7 heteroatoms. The first-order chi connectivity index (χ1) is 12.7. The molecule has 0 atom stereocenters. The van der Waals surface area contributed by atoms with Gasteiger partial charge in [-0.1, -0.05) is 30.3 Å². The number of methoxy groups -OCH3 is 1. The van der Waals surface area contributed by atoms with Crippen LogP contribution in [0.5, 0.6) is 5.75 Å². The largest absolute Gasteiger partial charge is 0.493 e. The van der Waals surface area contributed by atoms with Crippen molar-refractivity contribution >= 4 is 17.1 Å². The monoisotopic (exact) mass is 349 g/mol. The zero-order valence-corrected chi connectivity index (χ0v) is 14.0. The standard InChI is InChI=1S/C19H15N3O4/c1-24-16-11-22(13-7-3-2-4-8-13)21-18(16)19(23)25-12-17-20-14-9-5-6-10-15(14)26-17/h2-11H,12H2,1H3. The van der Waals surface area contributed by atoms with E-state index in [9.17, 15) is 4.79 Å². The third kappa shape index (κ3) is 3.02. The van der Waals surface area contributed by atoms with Crippen molar-refractivity contribution in [1.82, 2.24) is 14.8 Å². The lowest BCUT2D eigenvalue weighted by molar-refractivity contribution is 0.0429. The first-order valence-corrected chi connectivity index (χ1v) is 7.95. The quantitative estimate of drug-likeness (QED) is 0.514. The minimum atomic E-state index is -0.612. The van der Waals surface area contributed by atoms with Gasteiger partial charge in [-0.3, -0.25) is 0 Å². The summed E-state index contributed by atoms with van der Waals surface area (Å²) >= 11 is 0. The van der Waals surface area contributed by atoms with Gasteiger partial charge in [0.05, 0.1) is 19.0 Å². The molecule has 26 heavy (non-hydrogen) atoms. The zero-order chi connectivity index (χ0) is 17.9. The highest BCUT2D eigenvalue weighted by molar-refractivity contribution is 5.90. The van der Waals surface area contributed by atoms with E-state index in [2.05, 4.69) is 10.1 Å². The molecule has 7 nitrogen and oxygen atoms in total. The maximum absolute atomic E-state index is 12.4. The predicted molar refractivity (Wildman–Crippen MR) is 93.2 cm³/mol. The van der Waals surface area contributed by atoms with Crippen molar-refractivity contribution in [2.24, 2.45) is 0 Å². The first-order valence-electron chi connectivity index (χ1n) is 7.95. The lowest BCUT2D eigenvalue weighted by Gasteiger charge is -2.01. The molecular formula is C19H15N3O4. The number of benzene rings is 2. The lowest BCUT2D eigenvalue weighted by Crippen LogP contribution is -2.08. The van der Waals surface area contributed by atoms with Gasteiger partial charge in [0.25, 0.3) is 0 Å². The number of carbonyl (C=O) groups is 1. The molecule has 0 aliphatic carbocycles. The molecule has 0 radical (unpaired) electrons. The third-order valence-electron chi connectivity index (χ3n) is 3.78. The highest BCUT2D eigenvalue weighted by atomic mass is 16.5. The Morgan fingerprint density at radius 2 is 1.88 bits per heavy atom. The molecule has 0 spiro atoms. The molecule has 2 heterocycles. The number of esters is 1. The van der Waals surface area contributed by atoms with Crippen molar-refractivity contribution in [3.63, 3.8) is 0 Å². The van der Waals surface area contributed by atoms with Crippen molar-refractivity contribution in [3.8, 4) is 11.4 Å². The number of fused-ring (bicyclic) bond motifs is 1. The molecule has 0 aliphatic heterocycles. The van der Waals surface area contributed by atoms with Gasteiger partial charge in [0.2, 0.25) is 11.6 Å². The Labute approximate surface area is 148 Å². The topological polar surface area (TPSA) is 79.4 Å². The summed E-state index contributed by atoms with van der Waals surface area (Å²) in [5, 5.41) is 4.27. The van der Waals surface area contributed by atoms with Crippen LogP contribution in [0, 0.1) is 0 Å². The number of para-hydroxylation sites is 3. The number of hydrogen-bond donors (Lipinski definition) is 0. The van der Waals surface area contributed by atoms with E-state index >= 15 is 0 Å². The summed E-state index contributed by atoms with van der Waals surface area (Å²) < 4.78 is 17.6. The van der Waals surface area contributed by atoms with Crippen LogP contribution in [0.2, 0.25) is 0 Å². The maximum atomic E-state index is 12.4. The van der Waals surface area contributed by atoms with Crippen molar-refractivity contribution in [2.75, 3.05) is 7.11 Å². The number of rotatable bonds is 5. The molecule has 0 fully saturated rings.